The van der Waals surface area contributed by atoms with E-state index in [0.717, 1.165) is 30.6 Å². The van der Waals surface area contributed by atoms with Crippen molar-refractivity contribution in [2.24, 2.45) is 0 Å². The van der Waals surface area contributed by atoms with Crippen LogP contribution in [0.2, 0.25) is 0 Å². The van der Waals surface area contributed by atoms with Crippen molar-refractivity contribution in [2.75, 3.05) is 6.61 Å². The van der Waals surface area contributed by atoms with Gasteiger partial charge in [0.25, 0.3) is 0 Å². The van der Waals surface area contributed by atoms with E-state index in [1.165, 1.54) is 38.5 Å². The van der Waals surface area contributed by atoms with E-state index < -0.39 is 11.9 Å². The van der Waals surface area contributed by atoms with Gasteiger partial charge in [0.15, 0.2) is 0 Å². The fourth-order valence-electron chi connectivity index (χ4n) is 2.37. The molecule has 1 rings (SSSR count). The van der Waals surface area contributed by atoms with Gasteiger partial charge in [0.1, 0.15) is 6.61 Å². The molecule has 138 valence electrons. The van der Waals surface area contributed by atoms with Crippen molar-refractivity contribution in [1.82, 2.24) is 0 Å². The molecule has 0 fully saturated rings. The number of carbonyl (C=O) groups excluding carboxylic acids is 2. The summed E-state index contributed by atoms with van der Waals surface area (Å²) in [5.74, 6) is -1.05. The molecule has 0 spiro atoms. The minimum atomic E-state index is -0.548. The Bertz CT molecular complexity index is 508. The van der Waals surface area contributed by atoms with Crippen LogP contribution in [0.5, 0.6) is 0 Å². The molecule has 1 aromatic carbocycles. The zero-order chi connectivity index (χ0) is 18.2. The molecular weight excluding hydrogens is 316 g/mol. The molecule has 0 saturated heterocycles. The minimum Gasteiger partial charge on any atom is -0.463 e. The molecule has 0 heterocycles. The molecule has 0 aliphatic rings. The highest BCUT2D eigenvalue weighted by atomic mass is 16.5. The Morgan fingerprint density at radius 2 is 1.36 bits per heavy atom. The lowest BCUT2D eigenvalue weighted by Gasteiger charge is -2.03. The van der Waals surface area contributed by atoms with Crippen LogP contribution in [0.15, 0.2) is 42.5 Å². The molecule has 4 nitrogen and oxygen atoms in total. The van der Waals surface area contributed by atoms with Crippen LogP contribution in [-0.2, 0) is 25.7 Å². The van der Waals surface area contributed by atoms with Gasteiger partial charge < -0.3 is 9.47 Å². The molecule has 0 N–H and O–H groups in total. The lowest BCUT2D eigenvalue weighted by atomic mass is 10.1. The van der Waals surface area contributed by atoms with Crippen LogP contribution >= 0.6 is 0 Å². The molecule has 0 unspecified atom stereocenters. The Hall–Kier alpha value is -2.10. The van der Waals surface area contributed by atoms with Crippen molar-refractivity contribution in [2.45, 2.75) is 64.9 Å². The number of hydrogen-bond donors (Lipinski definition) is 0. The molecule has 0 radical (unpaired) electrons. The largest absolute Gasteiger partial charge is 0.463 e. The van der Waals surface area contributed by atoms with Crippen molar-refractivity contribution < 1.29 is 19.1 Å². The summed E-state index contributed by atoms with van der Waals surface area (Å²) in [6.45, 7) is 2.81. The van der Waals surface area contributed by atoms with Crippen LogP contribution < -0.4 is 0 Å². The molecule has 1 aromatic rings. The molecule has 0 aliphatic carbocycles. The molecule has 4 heteroatoms. The molecule has 0 aromatic heterocycles. The van der Waals surface area contributed by atoms with Crippen LogP contribution in [0.3, 0.4) is 0 Å². The topological polar surface area (TPSA) is 52.6 Å². The van der Waals surface area contributed by atoms with Crippen LogP contribution in [0, 0.1) is 0 Å². The third-order valence-electron chi connectivity index (χ3n) is 3.82. The first kappa shape index (κ1) is 20.9. The predicted molar refractivity (Wildman–Crippen MR) is 98.9 cm³/mol. The van der Waals surface area contributed by atoms with Gasteiger partial charge >= 0.3 is 11.9 Å². The quantitative estimate of drug-likeness (QED) is 0.287. The van der Waals surface area contributed by atoms with Crippen molar-refractivity contribution in [1.29, 1.82) is 0 Å². The average Bonchev–Trinajstić information content (AvgIpc) is 2.64. The van der Waals surface area contributed by atoms with Crippen molar-refractivity contribution in [3.8, 4) is 0 Å². The van der Waals surface area contributed by atoms with E-state index in [2.05, 4.69) is 6.92 Å². The van der Waals surface area contributed by atoms with E-state index >= 15 is 0 Å². The Balaban J connectivity index is 2.01. The number of rotatable bonds is 13. The summed E-state index contributed by atoms with van der Waals surface area (Å²) >= 11 is 0. The van der Waals surface area contributed by atoms with Crippen molar-refractivity contribution in [3.63, 3.8) is 0 Å². The van der Waals surface area contributed by atoms with Gasteiger partial charge in [-0.3, -0.25) is 0 Å². The smallest absolute Gasteiger partial charge is 0.331 e. The van der Waals surface area contributed by atoms with Gasteiger partial charge in [-0.05, 0) is 12.0 Å². The summed E-state index contributed by atoms with van der Waals surface area (Å²) in [6.07, 6.45) is 11.8. The highest BCUT2D eigenvalue weighted by molar-refractivity contribution is 5.91. The minimum absolute atomic E-state index is 0.192. The fourth-order valence-corrected chi connectivity index (χ4v) is 2.37. The van der Waals surface area contributed by atoms with E-state index in [9.17, 15) is 9.59 Å². The maximum Gasteiger partial charge on any atom is 0.331 e. The summed E-state index contributed by atoms with van der Waals surface area (Å²) in [5, 5.41) is 0. The highest BCUT2D eigenvalue weighted by Gasteiger charge is 2.02. The number of unbranched alkanes of at least 4 members (excludes halogenated alkanes) is 7. The van der Waals surface area contributed by atoms with Gasteiger partial charge in [-0.25, -0.2) is 9.59 Å². The van der Waals surface area contributed by atoms with Crippen LogP contribution in [-0.4, -0.2) is 18.5 Å². The van der Waals surface area contributed by atoms with Crippen LogP contribution in [0.25, 0.3) is 0 Å². The first-order valence-corrected chi connectivity index (χ1v) is 9.28. The number of ether oxygens (including phenoxy) is 2. The van der Waals surface area contributed by atoms with Gasteiger partial charge in [-0.1, -0.05) is 82.2 Å². The maximum atomic E-state index is 11.5. The summed E-state index contributed by atoms with van der Waals surface area (Å²) in [4.78, 5) is 23.0. The molecule has 0 aliphatic heterocycles. The second-order valence-electron chi connectivity index (χ2n) is 6.07. The van der Waals surface area contributed by atoms with Gasteiger partial charge in [0.05, 0.1) is 6.61 Å². The van der Waals surface area contributed by atoms with Crippen molar-refractivity contribution >= 4 is 11.9 Å². The second-order valence-corrected chi connectivity index (χ2v) is 6.07. The average molecular weight is 346 g/mol. The normalized spacial score (nSPS) is 10.8. The Morgan fingerprint density at radius 3 is 2.00 bits per heavy atom. The molecule has 0 saturated carbocycles. The Morgan fingerprint density at radius 1 is 0.800 bits per heavy atom. The summed E-state index contributed by atoms with van der Waals surface area (Å²) < 4.78 is 10.1. The Labute approximate surface area is 151 Å². The van der Waals surface area contributed by atoms with Crippen molar-refractivity contribution in [3.05, 3.63) is 48.0 Å². The van der Waals surface area contributed by atoms with Gasteiger partial charge in [0.2, 0.25) is 0 Å². The second kappa shape index (κ2) is 14.3. The van der Waals surface area contributed by atoms with Gasteiger partial charge in [-0.2, -0.15) is 0 Å². The lowest BCUT2D eigenvalue weighted by molar-refractivity contribution is -0.141. The zero-order valence-electron chi connectivity index (χ0n) is 15.2. The van der Waals surface area contributed by atoms with E-state index in [-0.39, 0.29) is 6.61 Å². The van der Waals surface area contributed by atoms with Crippen LogP contribution in [0.4, 0.5) is 0 Å². The molecule has 0 bridgehead atoms. The molecular formula is C21H30O4. The number of esters is 2. The monoisotopic (exact) mass is 346 g/mol. The maximum absolute atomic E-state index is 11.5. The van der Waals surface area contributed by atoms with E-state index in [4.69, 9.17) is 9.47 Å². The first-order chi connectivity index (χ1) is 12.2. The number of benzene rings is 1. The van der Waals surface area contributed by atoms with Gasteiger partial charge in [-0.15, -0.1) is 0 Å². The van der Waals surface area contributed by atoms with E-state index in [1.54, 1.807) is 0 Å². The summed E-state index contributed by atoms with van der Waals surface area (Å²) in [6, 6.07) is 9.39. The predicted octanol–water partition coefficient (Wildman–Crippen LogP) is 4.97. The third-order valence-corrected chi connectivity index (χ3v) is 3.82. The number of carbonyl (C=O) groups is 2. The van der Waals surface area contributed by atoms with E-state index in [1.807, 2.05) is 30.3 Å². The van der Waals surface area contributed by atoms with E-state index in [0.29, 0.717) is 6.61 Å². The molecule has 25 heavy (non-hydrogen) atoms. The summed E-state index contributed by atoms with van der Waals surface area (Å²) in [7, 11) is 0. The highest BCUT2D eigenvalue weighted by Crippen LogP contribution is 2.08. The zero-order valence-corrected chi connectivity index (χ0v) is 15.2. The fraction of sp³-hybridized carbons (Fsp3) is 0.524. The summed E-state index contributed by atoms with van der Waals surface area (Å²) in [5.41, 5.74) is 0.904. The van der Waals surface area contributed by atoms with Crippen LogP contribution in [0.1, 0.15) is 63.9 Å². The number of hydrogen-bond acceptors (Lipinski definition) is 4. The molecule has 0 amide bonds. The first-order valence-electron chi connectivity index (χ1n) is 9.28. The molecule has 0 atom stereocenters. The standard InChI is InChI=1S/C21H30O4/c1-2-3-4-5-6-7-8-12-17-24-20(22)15-16-21(23)25-18-19-13-10-9-11-14-19/h9-11,13-16H,2-8,12,17-18H2,1H3/b16-15-. The third kappa shape index (κ3) is 12.0. The lowest BCUT2D eigenvalue weighted by Crippen LogP contribution is -2.05. The SMILES string of the molecule is CCCCCCCCCCOC(=O)/C=C\C(=O)OCc1ccccc1. The van der Waals surface area contributed by atoms with Gasteiger partial charge in [0, 0.05) is 12.2 Å². The Kier molecular flexibility index (Phi) is 11.9.